The number of anilines is 1. The molecule has 0 amide bonds. The maximum absolute atomic E-state index is 12.5. The van der Waals surface area contributed by atoms with E-state index in [1.807, 2.05) is 0 Å². The van der Waals surface area contributed by atoms with Crippen molar-refractivity contribution in [1.82, 2.24) is 0 Å². The first kappa shape index (κ1) is 16.0. The summed E-state index contributed by atoms with van der Waals surface area (Å²) in [5.41, 5.74) is 0.891. The summed E-state index contributed by atoms with van der Waals surface area (Å²) in [6, 6.07) is 7.96. The van der Waals surface area contributed by atoms with E-state index in [1.54, 1.807) is 18.2 Å². The standard InChI is InChI=1S/C16H17NO4S2/c1-10-7-8-12-13(9-10)22-15(14(12)16(18)19)17-23(20,21)11-5-3-2-4-6-11/h2-6,10,17H,7-9H2,1H3,(H,18,19). The summed E-state index contributed by atoms with van der Waals surface area (Å²) in [6.07, 6.45) is 2.41. The van der Waals surface area contributed by atoms with Gasteiger partial charge in [0.1, 0.15) is 5.00 Å². The molecule has 7 heteroatoms. The lowest BCUT2D eigenvalue weighted by Gasteiger charge is -2.17. The van der Waals surface area contributed by atoms with Gasteiger partial charge in [-0.15, -0.1) is 11.3 Å². The van der Waals surface area contributed by atoms with E-state index in [0.717, 1.165) is 23.3 Å². The quantitative estimate of drug-likeness (QED) is 0.884. The number of rotatable bonds is 4. The number of benzene rings is 1. The molecule has 2 aromatic rings. The van der Waals surface area contributed by atoms with Crippen LogP contribution in [0.4, 0.5) is 5.00 Å². The second-order valence-electron chi connectivity index (χ2n) is 5.78. The molecule has 0 aliphatic heterocycles. The minimum atomic E-state index is -3.79. The fourth-order valence-electron chi connectivity index (χ4n) is 2.83. The lowest BCUT2D eigenvalue weighted by Crippen LogP contribution is -2.15. The smallest absolute Gasteiger partial charge is 0.339 e. The Labute approximate surface area is 139 Å². The van der Waals surface area contributed by atoms with Crippen molar-refractivity contribution in [3.8, 4) is 0 Å². The van der Waals surface area contributed by atoms with Crippen LogP contribution in [0.15, 0.2) is 35.2 Å². The minimum Gasteiger partial charge on any atom is -0.478 e. The van der Waals surface area contributed by atoms with Crippen LogP contribution >= 0.6 is 11.3 Å². The average Bonchev–Trinajstić information content (AvgIpc) is 2.84. The highest BCUT2D eigenvalue weighted by atomic mass is 32.2. The average molecular weight is 351 g/mol. The van der Waals surface area contributed by atoms with Crippen LogP contribution in [0.1, 0.15) is 34.1 Å². The summed E-state index contributed by atoms with van der Waals surface area (Å²) in [4.78, 5) is 12.7. The maximum Gasteiger partial charge on any atom is 0.339 e. The van der Waals surface area contributed by atoms with Gasteiger partial charge in [0.05, 0.1) is 10.5 Å². The number of carboxylic acids is 1. The Hall–Kier alpha value is -1.86. The van der Waals surface area contributed by atoms with Gasteiger partial charge < -0.3 is 5.11 Å². The first-order valence-corrected chi connectivity index (χ1v) is 9.64. The molecule has 1 atom stereocenters. The molecule has 3 rings (SSSR count). The summed E-state index contributed by atoms with van der Waals surface area (Å²) < 4.78 is 27.4. The highest BCUT2D eigenvalue weighted by Crippen LogP contribution is 2.40. The number of carbonyl (C=O) groups is 1. The van der Waals surface area contributed by atoms with Crippen molar-refractivity contribution in [2.75, 3.05) is 4.72 Å². The van der Waals surface area contributed by atoms with Crippen LogP contribution in [0, 0.1) is 5.92 Å². The van der Waals surface area contributed by atoms with Gasteiger partial charge >= 0.3 is 5.97 Å². The highest BCUT2D eigenvalue weighted by molar-refractivity contribution is 7.93. The number of thiophene rings is 1. The molecule has 0 fully saturated rings. The first-order valence-electron chi connectivity index (χ1n) is 7.34. The summed E-state index contributed by atoms with van der Waals surface area (Å²) in [7, 11) is -3.79. The van der Waals surface area contributed by atoms with E-state index in [4.69, 9.17) is 0 Å². The first-order chi connectivity index (χ1) is 10.9. The van der Waals surface area contributed by atoms with Gasteiger partial charge in [0.15, 0.2) is 0 Å². The zero-order chi connectivity index (χ0) is 16.6. The number of hydrogen-bond acceptors (Lipinski definition) is 4. The molecule has 0 saturated heterocycles. The molecular weight excluding hydrogens is 334 g/mol. The van der Waals surface area contributed by atoms with Crippen molar-refractivity contribution in [3.05, 3.63) is 46.3 Å². The van der Waals surface area contributed by atoms with E-state index >= 15 is 0 Å². The predicted molar refractivity (Wildman–Crippen MR) is 89.7 cm³/mol. The lowest BCUT2D eigenvalue weighted by atomic mass is 9.88. The van der Waals surface area contributed by atoms with Gasteiger partial charge in [0.2, 0.25) is 0 Å². The maximum atomic E-state index is 12.5. The highest BCUT2D eigenvalue weighted by Gasteiger charge is 2.29. The number of sulfonamides is 1. The Bertz CT molecular complexity index is 840. The number of carboxylic acid groups (broad SMARTS) is 1. The molecule has 0 radical (unpaired) electrons. The molecule has 5 nitrogen and oxygen atoms in total. The molecule has 2 N–H and O–H groups in total. The largest absolute Gasteiger partial charge is 0.478 e. The molecule has 0 spiro atoms. The van der Waals surface area contributed by atoms with Crippen LogP contribution in [0.5, 0.6) is 0 Å². The van der Waals surface area contributed by atoms with Gasteiger partial charge in [-0.2, -0.15) is 0 Å². The second-order valence-corrected chi connectivity index (χ2v) is 8.57. The minimum absolute atomic E-state index is 0.108. The molecule has 0 saturated carbocycles. The fraction of sp³-hybridized carbons (Fsp3) is 0.312. The van der Waals surface area contributed by atoms with Crippen LogP contribution in [0.2, 0.25) is 0 Å². The van der Waals surface area contributed by atoms with E-state index in [0.29, 0.717) is 12.3 Å². The van der Waals surface area contributed by atoms with Crippen molar-refractivity contribution in [3.63, 3.8) is 0 Å². The molecule has 1 heterocycles. The number of fused-ring (bicyclic) bond motifs is 1. The molecule has 1 aromatic carbocycles. The van der Waals surface area contributed by atoms with E-state index < -0.39 is 16.0 Å². The molecule has 1 aromatic heterocycles. The van der Waals surface area contributed by atoms with Crippen LogP contribution in [-0.4, -0.2) is 19.5 Å². The van der Waals surface area contributed by atoms with Crippen molar-refractivity contribution >= 4 is 32.3 Å². The Balaban J connectivity index is 2.02. The van der Waals surface area contributed by atoms with Gasteiger partial charge in [-0.3, -0.25) is 4.72 Å². The molecule has 1 aliphatic carbocycles. The van der Waals surface area contributed by atoms with Crippen LogP contribution < -0.4 is 4.72 Å². The zero-order valence-electron chi connectivity index (χ0n) is 12.6. The molecule has 0 bridgehead atoms. The third kappa shape index (κ3) is 3.11. The predicted octanol–water partition coefficient (Wildman–Crippen LogP) is 3.37. The molecule has 1 aliphatic rings. The van der Waals surface area contributed by atoms with Crippen molar-refractivity contribution < 1.29 is 18.3 Å². The summed E-state index contributed by atoms with van der Waals surface area (Å²) in [5, 5.41) is 9.72. The molecule has 122 valence electrons. The lowest BCUT2D eigenvalue weighted by molar-refractivity contribution is 0.0697. The molecule has 23 heavy (non-hydrogen) atoms. The Morgan fingerprint density at radius 1 is 1.30 bits per heavy atom. The normalized spacial score (nSPS) is 17.5. The van der Waals surface area contributed by atoms with Gasteiger partial charge in [0.25, 0.3) is 10.0 Å². The van der Waals surface area contributed by atoms with E-state index in [9.17, 15) is 18.3 Å². The topological polar surface area (TPSA) is 83.5 Å². The zero-order valence-corrected chi connectivity index (χ0v) is 14.2. The SMILES string of the molecule is CC1CCc2c(sc(NS(=O)(=O)c3ccccc3)c2C(=O)O)C1. The van der Waals surface area contributed by atoms with E-state index in [2.05, 4.69) is 11.6 Å². The number of hydrogen-bond donors (Lipinski definition) is 2. The molecular formula is C16H17NO4S2. The van der Waals surface area contributed by atoms with Crippen molar-refractivity contribution in [2.45, 2.75) is 31.1 Å². The van der Waals surface area contributed by atoms with E-state index in [1.165, 1.54) is 23.5 Å². The van der Waals surface area contributed by atoms with E-state index in [-0.39, 0.29) is 15.5 Å². The third-order valence-corrected chi connectivity index (χ3v) is 6.67. The Kier molecular flexibility index (Phi) is 4.16. The monoisotopic (exact) mass is 351 g/mol. The van der Waals surface area contributed by atoms with Gasteiger partial charge in [-0.1, -0.05) is 25.1 Å². The van der Waals surface area contributed by atoms with Crippen LogP contribution in [-0.2, 0) is 22.9 Å². The Morgan fingerprint density at radius 3 is 2.65 bits per heavy atom. The van der Waals surface area contributed by atoms with Gasteiger partial charge in [0, 0.05) is 4.88 Å². The summed E-state index contributed by atoms with van der Waals surface area (Å²) in [5.74, 6) is -0.593. The van der Waals surface area contributed by atoms with Crippen LogP contribution in [0.3, 0.4) is 0 Å². The fourth-order valence-corrected chi connectivity index (χ4v) is 5.56. The van der Waals surface area contributed by atoms with Gasteiger partial charge in [-0.25, -0.2) is 13.2 Å². The summed E-state index contributed by atoms with van der Waals surface area (Å²) >= 11 is 1.24. The van der Waals surface area contributed by atoms with Crippen molar-refractivity contribution in [1.29, 1.82) is 0 Å². The van der Waals surface area contributed by atoms with Crippen LogP contribution in [0.25, 0.3) is 0 Å². The number of aromatic carboxylic acids is 1. The second kappa shape index (κ2) is 5.98. The molecule has 1 unspecified atom stereocenters. The van der Waals surface area contributed by atoms with Gasteiger partial charge in [-0.05, 0) is 42.9 Å². The summed E-state index contributed by atoms with van der Waals surface area (Å²) in [6.45, 7) is 2.12. The number of nitrogens with one attached hydrogen (secondary N) is 1. The van der Waals surface area contributed by atoms with Crippen molar-refractivity contribution in [2.24, 2.45) is 5.92 Å². The third-order valence-electron chi connectivity index (χ3n) is 4.01. The Morgan fingerprint density at radius 2 is 2.00 bits per heavy atom.